The number of methoxy groups -OCH3 is 2. The molecule has 1 amide bonds. The van der Waals surface area contributed by atoms with Crippen LogP contribution < -0.4 is 19.9 Å². The van der Waals surface area contributed by atoms with Gasteiger partial charge in [-0.25, -0.2) is 0 Å². The normalized spacial score (nSPS) is 9.67. The molecule has 0 unspecified atom stereocenters. The maximum absolute atomic E-state index is 11.4. The predicted molar refractivity (Wildman–Crippen MR) is 62.4 cm³/mol. The molecule has 0 radical (unpaired) electrons. The standard InChI is InChI=1S/C12H15NO5/c1-17-9-4-3-8(7-10(9)18-2)13-11(14)5-6-12(15)16/h3-4,7H,5-6H2,1-2H3,(H,13,14)(H,15,16)/p-1. The van der Waals surface area contributed by atoms with Crippen molar-refractivity contribution in [3.05, 3.63) is 18.2 Å². The molecule has 0 saturated carbocycles. The van der Waals surface area contributed by atoms with Gasteiger partial charge < -0.3 is 24.7 Å². The fraction of sp³-hybridized carbons (Fsp3) is 0.333. The van der Waals surface area contributed by atoms with Crippen LogP contribution in [0, 0.1) is 0 Å². The summed E-state index contributed by atoms with van der Waals surface area (Å²) in [7, 11) is 3.00. The molecule has 18 heavy (non-hydrogen) atoms. The first-order chi connectivity index (χ1) is 8.56. The molecular formula is C12H14NO5-. The van der Waals surface area contributed by atoms with Crippen molar-refractivity contribution in [2.45, 2.75) is 12.8 Å². The van der Waals surface area contributed by atoms with Crippen molar-refractivity contribution >= 4 is 17.6 Å². The predicted octanol–water partition coefficient (Wildman–Crippen LogP) is 0.172. The molecule has 0 bridgehead atoms. The molecule has 0 atom stereocenters. The van der Waals surface area contributed by atoms with Crippen LogP contribution in [0.3, 0.4) is 0 Å². The summed E-state index contributed by atoms with van der Waals surface area (Å²) in [4.78, 5) is 21.6. The van der Waals surface area contributed by atoms with Gasteiger partial charge in [0.05, 0.1) is 14.2 Å². The minimum Gasteiger partial charge on any atom is -0.550 e. The second-order valence-electron chi connectivity index (χ2n) is 3.49. The van der Waals surface area contributed by atoms with Crippen LogP contribution >= 0.6 is 0 Å². The van der Waals surface area contributed by atoms with E-state index in [1.807, 2.05) is 0 Å². The average Bonchev–Trinajstić information content (AvgIpc) is 2.36. The second kappa shape index (κ2) is 6.48. The van der Waals surface area contributed by atoms with Crippen molar-refractivity contribution in [1.29, 1.82) is 0 Å². The number of carboxylic acid groups (broad SMARTS) is 1. The van der Waals surface area contributed by atoms with E-state index in [9.17, 15) is 14.7 Å². The minimum absolute atomic E-state index is 0.128. The fourth-order valence-electron chi connectivity index (χ4n) is 1.35. The SMILES string of the molecule is COc1ccc(NC(=O)CCC(=O)[O-])cc1OC. The largest absolute Gasteiger partial charge is 0.550 e. The van der Waals surface area contributed by atoms with E-state index >= 15 is 0 Å². The number of carbonyl (C=O) groups excluding carboxylic acids is 2. The number of hydrogen-bond donors (Lipinski definition) is 1. The zero-order valence-corrected chi connectivity index (χ0v) is 10.2. The molecule has 1 rings (SSSR count). The molecule has 1 N–H and O–H groups in total. The number of hydrogen-bond acceptors (Lipinski definition) is 5. The number of anilines is 1. The molecule has 0 heterocycles. The Bertz CT molecular complexity index is 444. The van der Waals surface area contributed by atoms with Crippen LogP contribution in [0.25, 0.3) is 0 Å². The molecule has 0 aliphatic rings. The zero-order chi connectivity index (χ0) is 13.5. The summed E-state index contributed by atoms with van der Waals surface area (Å²) in [5, 5.41) is 12.8. The Morgan fingerprint density at radius 1 is 1.17 bits per heavy atom. The number of benzene rings is 1. The van der Waals surface area contributed by atoms with Crippen LogP contribution in [-0.4, -0.2) is 26.1 Å². The number of nitrogens with one attached hydrogen (secondary N) is 1. The number of ether oxygens (including phenoxy) is 2. The van der Waals surface area contributed by atoms with Crippen molar-refractivity contribution < 1.29 is 24.2 Å². The van der Waals surface area contributed by atoms with Crippen molar-refractivity contribution in [3.8, 4) is 11.5 Å². The monoisotopic (exact) mass is 252 g/mol. The highest BCUT2D eigenvalue weighted by Crippen LogP contribution is 2.29. The highest BCUT2D eigenvalue weighted by molar-refractivity contribution is 5.92. The molecule has 6 nitrogen and oxygen atoms in total. The molecule has 1 aromatic rings. The first kappa shape index (κ1) is 13.8. The summed E-state index contributed by atoms with van der Waals surface area (Å²) >= 11 is 0. The lowest BCUT2D eigenvalue weighted by atomic mass is 10.2. The van der Waals surface area contributed by atoms with Crippen LogP contribution in [-0.2, 0) is 9.59 Å². The van der Waals surface area contributed by atoms with Gasteiger partial charge in [-0.15, -0.1) is 0 Å². The van der Waals surface area contributed by atoms with Crippen LogP contribution in [0.4, 0.5) is 5.69 Å². The van der Waals surface area contributed by atoms with E-state index in [0.717, 1.165) is 0 Å². The van der Waals surface area contributed by atoms with E-state index < -0.39 is 11.9 Å². The number of amides is 1. The van der Waals surface area contributed by atoms with Crippen LogP contribution in [0.5, 0.6) is 11.5 Å². The average molecular weight is 252 g/mol. The van der Waals surface area contributed by atoms with Crippen molar-refractivity contribution in [2.75, 3.05) is 19.5 Å². The van der Waals surface area contributed by atoms with E-state index in [0.29, 0.717) is 17.2 Å². The van der Waals surface area contributed by atoms with E-state index in [-0.39, 0.29) is 12.8 Å². The molecule has 0 fully saturated rings. The Hall–Kier alpha value is -2.24. The summed E-state index contributed by atoms with van der Waals surface area (Å²) in [6.45, 7) is 0. The van der Waals surface area contributed by atoms with Crippen LogP contribution in [0.15, 0.2) is 18.2 Å². The van der Waals surface area contributed by atoms with Gasteiger partial charge in [0.1, 0.15) is 0 Å². The first-order valence-electron chi connectivity index (χ1n) is 5.28. The van der Waals surface area contributed by atoms with Crippen LogP contribution in [0.2, 0.25) is 0 Å². The molecule has 0 aromatic heterocycles. The van der Waals surface area contributed by atoms with E-state index in [1.165, 1.54) is 14.2 Å². The zero-order valence-electron chi connectivity index (χ0n) is 10.2. The highest BCUT2D eigenvalue weighted by Gasteiger charge is 2.07. The number of carbonyl (C=O) groups is 2. The van der Waals surface area contributed by atoms with Gasteiger partial charge in [0.25, 0.3) is 0 Å². The molecule has 0 spiro atoms. The Balaban J connectivity index is 2.67. The number of carboxylic acids is 1. The summed E-state index contributed by atoms with van der Waals surface area (Å²) in [5.74, 6) is -0.621. The topological polar surface area (TPSA) is 87.7 Å². The van der Waals surface area contributed by atoms with E-state index in [4.69, 9.17) is 9.47 Å². The lowest BCUT2D eigenvalue weighted by molar-refractivity contribution is -0.305. The smallest absolute Gasteiger partial charge is 0.224 e. The van der Waals surface area contributed by atoms with Gasteiger partial charge in [0.15, 0.2) is 11.5 Å². The lowest BCUT2D eigenvalue weighted by Crippen LogP contribution is -2.24. The third kappa shape index (κ3) is 3.97. The van der Waals surface area contributed by atoms with Gasteiger partial charge in [0, 0.05) is 24.1 Å². The maximum atomic E-state index is 11.4. The minimum atomic E-state index is -1.25. The van der Waals surface area contributed by atoms with E-state index in [2.05, 4.69) is 5.32 Å². The van der Waals surface area contributed by atoms with Crippen LogP contribution in [0.1, 0.15) is 12.8 Å². The third-order valence-corrected chi connectivity index (χ3v) is 2.22. The van der Waals surface area contributed by atoms with Gasteiger partial charge in [0.2, 0.25) is 5.91 Å². The molecular weight excluding hydrogens is 238 g/mol. The summed E-state index contributed by atoms with van der Waals surface area (Å²) in [5.41, 5.74) is 0.510. The summed E-state index contributed by atoms with van der Waals surface area (Å²) < 4.78 is 10.1. The Kier molecular flexibility index (Phi) is 4.98. The molecule has 1 aromatic carbocycles. The highest BCUT2D eigenvalue weighted by atomic mass is 16.5. The fourth-order valence-corrected chi connectivity index (χ4v) is 1.35. The van der Waals surface area contributed by atoms with Gasteiger partial charge in [-0.3, -0.25) is 4.79 Å². The Morgan fingerprint density at radius 3 is 2.39 bits per heavy atom. The molecule has 0 saturated heterocycles. The van der Waals surface area contributed by atoms with Crippen molar-refractivity contribution in [3.63, 3.8) is 0 Å². The van der Waals surface area contributed by atoms with Crippen molar-refractivity contribution in [1.82, 2.24) is 0 Å². The number of aliphatic carboxylic acids is 1. The molecule has 0 aliphatic carbocycles. The second-order valence-corrected chi connectivity index (χ2v) is 3.49. The van der Waals surface area contributed by atoms with Gasteiger partial charge in [-0.1, -0.05) is 0 Å². The van der Waals surface area contributed by atoms with Crippen molar-refractivity contribution in [2.24, 2.45) is 0 Å². The quantitative estimate of drug-likeness (QED) is 0.779. The van der Waals surface area contributed by atoms with Gasteiger partial charge in [-0.2, -0.15) is 0 Å². The molecule has 0 aliphatic heterocycles. The first-order valence-corrected chi connectivity index (χ1v) is 5.28. The maximum Gasteiger partial charge on any atom is 0.224 e. The van der Waals surface area contributed by atoms with Gasteiger partial charge >= 0.3 is 0 Å². The Labute approximate surface area is 105 Å². The molecule has 6 heteroatoms. The third-order valence-electron chi connectivity index (χ3n) is 2.22. The molecule has 98 valence electrons. The number of rotatable bonds is 6. The summed E-state index contributed by atoms with van der Waals surface area (Å²) in [6, 6.07) is 4.88. The van der Waals surface area contributed by atoms with E-state index in [1.54, 1.807) is 18.2 Å². The van der Waals surface area contributed by atoms with Gasteiger partial charge in [-0.05, 0) is 18.6 Å². The lowest BCUT2D eigenvalue weighted by Gasteiger charge is -2.10. The Morgan fingerprint density at radius 2 is 1.83 bits per heavy atom. The summed E-state index contributed by atoms with van der Waals surface area (Å²) in [6.07, 6.45) is -0.435.